The van der Waals surface area contributed by atoms with Crippen molar-refractivity contribution in [1.82, 2.24) is 9.97 Å². The Labute approximate surface area is 164 Å². The number of nitrogens with one attached hydrogen (secondary N) is 1. The van der Waals surface area contributed by atoms with Gasteiger partial charge in [0.2, 0.25) is 0 Å². The van der Waals surface area contributed by atoms with Gasteiger partial charge in [-0.15, -0.1) is 0 Å². The summed E-state index contributed by atoms with van der Waals surface area (Å²) in [5, 5.41) is 2.84. The van der Waals surface area contributed by atoms with Crippen LogP contribution < -0.4 is 5.32 Å². The Kier molecular flexibility index (Phi) is 5.40. The second-order valence-electron chi connectivity index (χ2n) is 6.90. The molecule has 0 spiro atoms. The quantitative estimate of drug-likeness (QED) is 0.694. The van der Waals surface area contributed by atoms with Gasteiger partial charge in [-0.1, -0.05) is 18.2 Å². The summed E-state index contributed by atoms with van der Waals surface area (Å²) in [5.41, 5.74) is 5.94. The second-order valence-corrected chi connectivity index (χ2v) is 6.90. The van der Waals surface area contributed by atoms with Crippen LogP contribution in [0.15, 0.2) is 36.4 Å². The number of carbonyl (C=O) groups is 2. The van der Waals surface area contributed by atoms with Gasteiger partial charge in [0.1, 0.15) is 0 Å². The molecule has 6 heteroatoms. The first-order valence-corrected chi connectivity index (χ1v) is 9.09. The highest BCUT2D eigenvalue weighted by Crippen LogP contribution is 2.20. The number of ether oxygens (including phenoxy) is 1. The first-order valence-electron chi connectivity index (χ1n) is 9.09. The highest BCUT2D eigenvalue weighted by Gasteiger charge is 2.20. The summed E-state index contributed by atoms with van der Waals surface area (Å²) in [6.07, 6.45) is -0.937. The van der Waals surface area contributed by atoms with Crippen LogP contribution in [0.4, 0.5) is 5.69 Å². The van der Waals surface area contributed by atoms with Crippen molar-refractivity contribution in [3.05, 3.63) is 64.5 Å². The van der Waals surface area contributed by atoms with Gasteiger partial charge >= 0.3 is 5.97 Å². The molecule has 0 unspecified atom stereocenters. The van der Waals surface area contributed by atoms with E-state index in [0.717, 1.165) is 28.2 Å². The smallest absolute Gasteiger partial charge is 0.338 e. The van der Waals surface area contributed by atoms with Gasteiger partial charge < -0.3 is 10.1 Å². The summed E-state index contributed by atoms with van der Waals surface area (Å²) >= 11 is 0. The molecule has 0 bridgehead atoms. The summed E-state index contributed by atoms with van der Waals surface area (Å²) in [6, 6.07) is 10.7. The zero-order valence-electron chi connectivity index (χ0n) is 16.7. The van der Waals surface area contributed by atoms with Gasteiger partial charge in [-0.2, -0.15) is 0 Å². The van der Waals surface area contributed by atoms with Crippen LogP contribution in [0.2, 0.25) is 0 Å². The Bertz CT molecular complexity index is 1060. The molecule has 1 heterocycles. The zero-order valence-corrected chi connectivity index (χ0v) is 16.7. The summed E-state index contributed by atoms with van der Waals surface area (Å²) in [7, 11) is 0. The van der Waals surface area contributed by atoms with E-state index in [1.807, 2.05) is 45.9 Å². The number of anilines is 1. The molecule has 1 aromatic heterocycles. The number of carbonyl (C=O) groups excluding carboxylic acids is 2. The first kappa shape index (κ1) is 19.5. The number of esters is 1. The van der Waals surface area contributed by atoms with Crippen LogP contribution in [-0.2, 0) is 9.53 Å². The number of fused-ring (bicyclic) bond motifs is 1. The van der Waals surface area contributed by atoms with Crippen molar-refractivity contribution in [3.8, 4) is 0 Å². The van der Waals surface area contributed by atoms with Crippen molar-refractivity contribution in [2.75, 3.05) is 5.32 Å². The largest absolute Gasteiger partial charge is 0.449 e. The van der Waals surface area contributed by atoms with Crippen molar-refractivity contribution >= 4 is 28.6 Å². The molecule has 3 aromatic rings. The molecule has 1 atom stereocenters. The Morgan fingerprint density at radius 3 is 2.18 bits per heavy atom. The predicted octanol–water partition coefficient (Wildman–Crippen LogP) is 4.05. The van der Waals surface area contributed by atoms with Gasteiger partial charge in [-0.3, -0.25) is 4.79 Å². The van der Waals surface area contributed by atoms with Gasteiger partial charge in [-0.05, 0) is 63.9 Å². The van der Waals surface area contributed by atoms with Crippen molar-refractivity contribution in [2.45, 2.75) is 40.7 Å². The van der Waals surface area contributed by atoms with E-state index in [1.54, 1.807) is 25.1 Å². The lowest BCUT2D eigenvalue weighted by molar-refractivity contribution is -0.123. The van der Waals surface area contributed by atoms with Crippen molar-refractivity contribution in [2.24, 2.45) is 0 Å². The monoisotopic (exact) mass is 377 g/mol. The Morgan fingerprint density at radius 1 is 0.929 bits per heavy atom. The SMILES string of the molecule is Cc1cccc(C)c1NC(=O)[C@H](C)OC(=O)c1ccc2nc(C)c(C)nc2c1. The summed E-state index contributed by atoms with van der Waals surface area (Å²) in [4.78, 5) is 33.9. The second kappa shape index (κ2) is 7.76. The maximum absolute atomic E-state index is 12.5. The van der Waals surface area contributed by atoms with Crippen LogP contribution in [0.5, 0.6) is 0 Å². The highest BCUT2D eigenvalue weighted by atomic mass is 16.5. The van der Waals surface area contributed by atoms with Crippen molar-refractivity contribution < 1.29 is 14.3 Å². The predicted molar refractivity (Wildman–Crippen MR) is 108 cm³/mol. The van der Waals surface area contributed by atoms with E-state index >= 15 is 0 Å². The van der Waals surface area contributed by atoms with E-state index in [4.69, 9.17) is 4.74 Å². The minimum Gasteiger partial charge on any atom is -0.449 e. The Morgan fingerprint density at radius 2 is 1.54 bits per heavy atom. The number of para-hydroxylation sites is 1. The molecule has 0 saturated carbocycles. The lowest BCUT2D eigenvalue weighted by Crippen LogP contribution is -2.30. The van der Waals surface area contributed by atoms with Crippen LogP contribution in [-0.4, -0.2) is 27.9 Å². The number of hydrogen-bond donors (Lipinski definition) is 1. The molecule has 1 amide bonds. The zero-order chi connectivity index (χ0) is 20.4. The normalized spacial score (nSPS) is 11.9. The minimum atomic E-state index is -0.937. The fraction of sp³-hybridized carbons (Fsp3) is 0.273. The molecule has 0 radical (unpaired) electrons. The van der Waals surface area contributed by atoms with Crippen LogP contribution in [0.25, 0.3) is 11.0 Å². The summed E-state index contributed by atoms with van der Waals surface area (Å²) in [5.74, 6) is -0.955. The van der Waals surface area contributed by atoms with Crippen LogP contribution in [0.3, 0.4) is 0 Å². The molecule has 0 aliphatic carbocycles. The van der Waals surface area contributed by atoms with E-state index in [1.165, 1.54) is 0 Å². The van der Waals surface area contributed by atoms with E-state index < -0.39 is 12.1 Å². The topological polar surface area (TPSA) is 81.2 Å². The fourth-order valence-corrected chi connectivity index (χ4v) is 2.88. The molecule has 28 heavy (non-hydrogen) atoms. The molecule has 2 aromatic carbocycles. The number of aryl methyl sites for hydroxylation is 4. The van der Waals surface area contributed by atoms with Gasteiger partial charge in [0.25, 0.3) is 5.91 Å². The first-order chi connectivity index (χ1) is 13.3. The van der Waals surface area contributed by atoms with Gasteiger partial charge in [0.15, 0.2) is 6.10 Å². The van der Waals surface area contributed by atoms with Crippen LogP contribution in [0, 0.1) is 27.7 Å². The average molecular weight is 377 g/mol. The fourth-order valence-electron chi connectivity index (χ4n) is 2.88. The molecule has 6 nitrogen and oxygen atoms in total. The average Bonchev–Trinajstić information content (AvgIpc) is 2.65. The van der Waals surface area contributed by atoms with Gasteiger partial charge in [0, 0.05) is 5.69 Å². The minimum absolute atomic E-state index is 0.330. The maximum atomic E-state index is 12.5. The van der Waals surface area contributed by atoms with E-state index in [0.29, 0.717) is 16.6 Å². The summed E-state index contributed by atoms with van der Waals surface area (Å²) in [6.45, 7) is 9.14. The number of benzene rings is 2. The number of amides is 1. The molecule has 0 fully saturated rings. The molecule has 144 valence electrons. The number of hydrogen-bond acceptors (Lipinski definition) is 5. The Balaban J connectivity index is 1.74. The third kappa shape index (κ3) is 4.01. The molecule has 0 aliphatic rings. The number of rotatable bonds is 4. The third-order valence-electron chi connectivity index (χ3n) is 4.69. The Hall–Kier alpha value is -3.28. The van der Waals surface area contributed by atoms with Gasteiger partial charge in [-0.25, -0.2) is 14.8 Å². The molecule has 0 aliphatic heterocycles. The highest BCUT2D eigenvalue weighted by molar-refractivity contribution is 5.99. The molecule has 1 N–H and O–H groups in total. The lowest BCUT2D eigenvalue weighted by atomic mass is 10.1. The van der Waals surface area contributed by atoms with Gasteiger partial charge in [0.05, 0.1) is 28.0 Å². The standard InChI is InChI=1S/C22H23N3O3/c1-12-7-6-8-13(2)20(12)25-21(26)16(5)28-22(27)17-9-10-18-19(11-17)24-15(4)14(3)23-18/h6-11,16H,1-5H3,(H,25,26)/t16-/m0/s1. The molecular weight excluding hydrogens is 354 g/mol. The van der Waals surface area contributed by atoms with Crippen molar-refractivity contribution in [3.63, 3.8) is 0 Å². The molecular formula is C22H23N3O3. The molecule has 0 saturated heterocycles. The maximum Gasteiger partial charge on any atom is 0.338 e. The van der Waals surface area contributed by atoms with Crippen LogP contribution >= 0.6 is 0 Å². The molecule has 3 rings (SSSR count). The third-order valence-corrected chi connectivity index (χ3v) is 4.69. The van der Waals surface area contributed by atoms with Crippen molar-refractivity contribution in [1.29, 1.82) is 0 Å². The lowest BCUT2D eigenvalue weighted by Gasteiger charge is -2.16. The van der Waals surface area contributed by atoms with E-state index in [-0.39, 0.29) is 5.91 Å². The van der Waals surface area contributed by atoms with E-state index in [2.05, 4.69) is 15.3 Å². The van der Waals surface area contributed by atoms with Crippen LogP contribution in [0.1, 0.15) is 39.8 Å². The number of nitrogens with zero attached hydrogens (tertiary/aromatic N) is 2. The van der Waals surface area contributed by atoms with E-state index in [9.17, 15) is 9.59 Å². The number of aromatic nitrogens is 2. The summed E-state index contributed by atoms with van der Waals surface area (Å²) < 4.78 is 5.35.